The first-order chi connectivity index (χ1) is 9.67. The number of nitrogens with two attached hydrogens (primary N) is 1. The standard InChI is InChI=1S/C14H21N3O2S/c1-2-4-11(18)17-14-12(13(19)16-8-7-15)9-5-3-6-10(9)20-14/h2-8,15H2,1H3,(H,16,19)(H,17,18). The average Bonchev–Trinajstić information content (AvgIpc) is 2.96. The molecule has 0 aliphatic heterocycles. The minimum atomic E-state index is -0.123. The highest BCUT2D eigenvalue weighted by molar-refractivity contribution is 7.17. The maximum atomic E-state index is 12.3. The van der Waals surface area contributed by atoms with Gasteiger partial charge in [-0.1, -0.05) is 6.92 Å². The molecular weight excluding hydrogens is 274 g/mol. The normalized spacial score (nSPS) is 13.1. The van der Waals surface area contributed by atoms with Gasteiger partial charge in [0.05, 0.1) is 5.56 Å². The molecule has 1 aromatic heterocycles. The third-order valence-corrected chi connectivity index (χ3v) is 4.52. The van der Waals surface area contributed by atoms with Crippen molar-refractivity contribution in [2.45, 2.75) is 39.0 Å². The molecule has 1 aromatic rings. The maximum absolute atomic E-state index is 12.3. The molecule has 0 bridgehead atoms. The second kappa shape index (κ2) is 6.85. The van der Waals surface area contributed by atoms with E-state index in [0.717, 1.165) is 31.2 Å². The van der Waals surface area contributed by atoms with Gasteiger partial charge in [-0.05, 0) is 31.2 Å². The summed E-state index contributed by atoms with van der Waals surface area (Å²) in [6.45, 7) is 2.82. The fourth-order valence-corrected chi connectivity index (χ4v) is 3.73. The van der Waals surface area contributed by atoms with E-state index in [1.54, 1.807) is 11.3 Å². The fourth-order valence-electron chi connectivity index (χ4n) is 2.42. The van der Waals surface area contributed by atoms with Crippen molar-refractivity contribution >= 4 is 28.2 Å². The topological polar surface area (TPSA) is 84.2 Å². The fraction of sp³-hybridized carbons (Fsp3) is 0.571. The van der Waals surface area contributed by atoms with Crippen LogP contribution in [0.1, 0.15) is 47.0 Å². The number of carbonyl (C=O) groups is 2. The van der Waals surface area contributed by atoms with E-state index >= 15 is 0 Å². The Morgan fingerprint density at radius 3 is 2.85 bits per heavy atom. The Bertz CT molecular complexity index is 511. The molecule has 0 atom stereocenters. The van der Waals surface area contributed by atoms with E-state index in [0.29, 0.717) is 30.1 Å². The summed E-state index contributed by atoms with van der Waals surface area (Å²) in [7, 11) is 0. The van der Waals surface area contributed by atoms with Crippen LogP contribution in [0.15, 0.2) is 0 Å². The first kappa shape index (κ1) is 15.0. The molecular formula is C14H21N3O2S. The maximum Gasteiger partial charge on any atom is 0.254 e. The number of anilines is 1. The summed E-state index contributed by atoms with van der Waals surface area (Å²) in [6.07, 6.45) is 4.28. The van der Waals surface area contributed by atoms with E-state index in [9.17, 15) is 9.59 Å². The lowest BCUT2D eigenvalue weighted by Gasteiger charge is -2.08. The molecule has 0 saturated carbocycles. The highest BCUT2D eigenvalue weighted by Gasteiger charge is 2.27. The van der Waals surface area contributed by atoms with Gasteiger partial charge in [0.2, 0.25) is 5.91 Å². The van der Waals surface area contributed by atoms with Crippen molar-refractivity contribution in [3.63, 3.8) is 0 Å². The van der Waals surface area contributed by atoms with Crippen molar-refractivity contribution in [1.29, 1.82) is 0 Å². The van der Waals surface area contributed by atoms with Gasteiger partial charge in [0.1, 0.15) is 5.00 Å². The van der Waals surface area contributed by atoms with Crippen molar-refractivity contribution < 1.29 is 9.59 Å². The number of thiophene rings is 1. The molecule has 5 nitrogen and oxygen atoms in total. The van der Waals surface area contributed by atoms with Gasteiger partial charge in [0.15, 0.2) is 0 Å². The third kappa shape index (κ3) is 3.19. The Hall–Kier alpha value is -1.40. The highest BCUT2D eigenvalue weighted by atomic mass is 32.1. The first-order valence-corrected chi connectivity index (χ1v) is 7.91. The molecule has 1 aliphatic rings. The lowest BCUT2D eigenvalue weighted by molar-refractivity contribution is -0.116. The minimum Gasteiger partial charge on any atom is -0.351 e. The molecule has 1 heterocycles. The van der Waals surface area contributed by atoms with Crippen LogP contribution in [0.25, 0.3) is 0 Å². The van der Waals surface area contributed by atoms with E-state index in [2.05, 4.69) is 10.6 Å². The van der Waals surface area contributed by atoms with Crippen LogP contribution >= 0.6 is 11.3 Å². The van der Waals surface area contributed by atoms with Crippen molar-refractivity contribution in [2.24, 2.45) is 5.73 Å². The van der Waals surface area contributed by atoms with Crippen LogP contribution < -0.4 is 16.4 Å². The SMILES string of the molecule is CCCC(=O)Nc1sc2c(c1C(=O)NCCN)CCC2. The van der Waals surface area contributed by atoms with Gasteiger partial charge in [-0.2, -0.15) is 0 Å². The number of carbonyl (C=O) groups excluding carboxylic acids is 2. The van der Waals surface area contributed by atoms with Gasteiger partial charge in [-0.15, -0.1) is 11.3 Å². The summed E-state index contributed by atoms with van der Waals surface area (Å²) in [5.74, 6) is -0.151. The Morgan fingerprint density at radius 1 is 1.35 bits per heavy atom. The summed E-state index contributed by atoms with van der Waals surface area (Å²) in [5, 5.41) is 6.38. The molecule has 0 radical (unpaired) electrons. The van der Waals surface area contributed by atoms with Crippen LogP contribution in [0.4, 0.5) is 5.00 Å². The van der Waals surface area contributed by atoms with Crippen molar-refractivity contribution in [3.8, 4) is 0 Å². The molecule has 0 spiro atoms. The van der Waals surface area contributed by atoms with Crippen LogP contribution in [0.5, 0.6) is 0 Å². The molecule has 1 aliphatic carbocycles. The molecule has 0 fully saturated rings. The van der Waals surface area contributed by atoms with Crippen LogP contribution in [0.3, 0.4) is 0 Å². The number of rotatable bonds is 6. The molecule has 0 aromatic carbocycles. The molecule has 6 heteroatoms. The number of aryl methyl sites for hydroxylation is 1. The summed E-state index contributed by atoms with van der Waals surface area (Å²) in [5.41, 5.74) is 7.18. The molecule has 4 N–H and O–H groups in total. The zero-order chi connectivity index (χ0) is 14.5. The smallest absolute Gasteiger partial charge is 0.254 e. The summed E-state index contributed by atoms with van der Waals surface area (Å²) in [4.78, 5) is 25.3. The van der Waals surface area contributed by atoms with E-state index in [1.165, 1.54) is 4.88 Å². The lowest BCUT2D eigenvalue weighted by atomic mass is 10.1. The second-order valence-electron chi connectivity index (χ2n) is 4.90. The molecule has 110 valence electrons. The van der Waals surface area contributed by atoms with E-state index < -0.39 is 0 Å². The molecule has 0 saturated heterocycles. The van der Waals surface area contributed by atoms with E-state index in [1.807, 2.05) is 6.92 Å². The molecule has 20 heavy (non-hydrogen) atoms. The van der Waals surface area contributed by atoms with Crippen LogP contribution in [-0.2, 0) is 17.6 Å². The number of hydrogen-bond acceptors (Lipinski definition) is 4. The van der Waals surface area contributed by atoms with Gasteiger partial charge in [-0.25, -0.2) is 0 Å². The molecule has 2 rings (SSSR count). The number of hydrogen-bond donors (Lipinski definition) is 3. The minimum absolute atomic E-state index is 0.0275. The van der Waals surface area contributed by atoms with Crippen molar-refractivity contribution in [2.75, 3.05) is 18.4 Å². The third-order valence-electron chi connectivity index (χ3n) is 3.31. The van der Waals surface area contributed by atoms with Gasteiger partial charge in [0.25, 0.3) is 5.91 Å². The number of nitrogens with one attached hydrogen (secondary N) is 2. The Balaban J connectivity index is 2.22. The zero-order valence-corrected chi connectivity index (χ0v) is 12.6. The lowest BCUT2D eigenvalue weighted by Crippen LogP contribution is -2.30. The van der Waals surface area contributed by atoms with Gasteiger partial charge in [-0.3, -0.25) is 9.59 Å². The summed E-state index contributed by atoms with van der Waals surface area (Å²) < 4.78 is 0. The van der Waals surface area contributed by atoms with Crippen LogP contribution in [-0.4, -0.2) is 24.9 Å². The van der Waals surface area contributed by atoms with Gasteiger partial charge >= 0.3 is 0 Å². The number of fused-ring (bicyclic) bond motifs is 1. The van der Waals surface area contributed by atoms with Crippen molar-refractivity contribution in [1.82, 2.24) is 5.32 Å². The largest absolute Gasteiger partial charge is 0.351 e. The monoisotopic (exact) mass is 295 g/mol. The van der Waals surface area contributed by atoms with Gasteiger partial charge < -0.3 is 16.4 Å². The predicted octanol–water partition coefficient (Wildman–Crippen LogP) is 1.66. The van der Waals surface area contributed by atoms with Crippen LogP contribution in [0.2, 0.25) is 0 Å². The Labute approximate surface area is 122 Å². The molecule has 2 amide bonds. The van der Waals surface area contributed by atoms with Crippen molar-refractivity contribution in [3.05, 3.63) is 16.0 Å². The Morgan fingerprint density at radius 2 is 2.15 bits per heavy atom. The number of amides is 2. The quantitative estimate of drug-likeness (QED) is 0.746. The Kier molecular flexibility index (Phi) is 5.14. The second-order valence-corrected chi connectivity index (χ2v) is 6.01. The first-order valence-electron chi connectivity index (χ1n) is 7.10. The van der Waals surface area contributed by atoms with Crippen LogP contribution in [0, 0.1) is 0 Å². The predicted molar refractivity (Wildman–Crippen MR) is 81.3 cm³/mol. The molecule has 0 unspecified atom stereocenters. The highest BCUT2D eigenvalue weighted by Crippen LogP contribution is 2.39. The zero-order valence-electron chi connectivity index (χ0n) is 11.8. The summed E-state index contributed by atoms with van der Waals surface area (Å²) in [6, 6.07) is 0. The van der Waals surface area contributed by atoms with E-state index in [4.69, 9.17) is 5.73 Å². The van der Waals surface area contributed by atoms with Gasteiger partial charge in [0, 0.05) is 24.4 Å². The summed E-state index contributed by atoms with van der Waals surface area (Å²) >= 11 is 1.54. The van der Waals surface area contributed by atoms with E-state index in [-0.39, 0.29) is 11.8 Å². The average molecular weight is 295 g/mol.